The minimum Gasteiger partial charge on any atom is -0.308 e. The maximum atomic E-state index is 13.6. The fourth-order valence-electron chi connectivity index (χ4n) is 2.09. The molecule has 1 aromatic carbocycles. The highest BCUT2D eigenvalue weighted by Crippen LogP contribution is 2.33. The van der Waals surface area contributed by atoms with Crippen molar-refractivity contribution in [1.82, 2.24) is 15.1 Å². The molecule has 0 radical (unpaired) electrons. The Morgan fingerprint density at radius 2 is 2.16 bits per heavy atom. The zero-order valence-electron chi connectivity index (χ0n) is 10.6. The third-order valence-corrected chi connectivity index (χ3v) is 3.68. The lowest BCUT2D eigenvalue weighted by molar-refractivity contribution is 0.559. The van der Waals surface area contributed by atoms with Crippen molar-refractivity contribution in [2.24, 2.45) is 0 Å². The first-order valence-corrected chi connectivity index (χ1v) is 6.68. The van der Waals surface area contributed by atoms with Crippen molar-refractivity contribution >= 4 is 23.2 Å². The number of rotatable bonds is 4. The fraction of sp³-hybridized carbons (Fsp3) is 0.308. The van der Waals surface area contributed by atoms with Gasteiger partial charge in [0.05, 0.1) is 28.0 Å². The molecule has 1 unspecified atom stereocenters. The Bertz CT molecular complexity index is 583. The van der Waals surface area contributed by atoms with Gasteiger partial charge in [-0.3, -0.25) is 4.68 Å². The highest BCUT2D eigenvalue weighted by molar-refractivity contribution is 6.32. The first-order valence-electron chi connectivity index (χ1n) is 5.92. The van der Waals surface area contributed by atoms with Crippen LogP contribution < -0.4 is 5.32 Å². The van der Waals surface area contributed by atoms with E-state index in [-0.39, 0.29) is 11.1 Å². The molecule has 0 aliphatic carbocycles. The summed E-state index contributed by atoms with van der Waals surface area (Å²) in [6.45, 7) is 2.64. The second-order valence-corrected chi connectivity index (χ2v) is 4.84. The number of hydrogen-bond donors (Lipinski definition) is 1. The van der Waals surface area contributed by atoms with Gasteiger partial charge in [-0.15, -0.1) is 0 Å². The van der Waals surface area contributed by atoms with Crippen LogP contribution in [0.1, 0.15) is 24.2 Å². The van der Waals surface area contributed by atoms with Crippen LogP contribution in [0.4, 0.5) is 4.39 Å². The Labute approximate surface area is 121 Å². The van der Waals surface area contributed by atoms with Crippen LogP contribution in [0, 0.1) is 5.82 Å². The van der Waals surface area contributed by atoms with Gasteiger partial charge in [0.1, 0.15) is 5.82 Å². The van der Waals surface area contributed by atoms with E-state index in [0.29, 0.717) is 17.1 Å². The topological polar surface area (TPSA) is 29.9 Å². The Kier molecular flexibility index (Phi) is 4.45. The normalized spacial score (nSPS) is 12.7. The van der Waals surface area contributed by atoms with Crippen molar-refractivity contribution in [3.63, 3.8) is 0 Å². The van der Waals surface area contributed by atoms with E-state index in [1.165, 1.54) is 6.07 Å². The number of nitrogens with one attached hydrogen (secondary N) is 1. The average Bonchev–Trinajstić information content (AvgIpc) is 2.77. The molecule has 3 nitrogen and oxygen atoms in total. The van der Waals surface area contributed by atoms with Crippen molar-refractivity contribution in [3.05, 3.63) is 51.5 Å². The zero-order chi connectivity index (χ0) is 14.0. The van der Waals surface area contributed by atoms with Crippen molar-refractivity contribution in [1.29, 1.82) is 0 Å². The van der Waals surface area contributed by atoms with E-state index in [1.54, 1.807) is 30.1 Å². The van der Waals surface area contributed by atoms with Crippen LogP contribution in [0.25, 0.3) is 0 Å². The van der Waals surface area contributed by atoms with E-state index in [1.807, 2.05) is 6.92 Å². The summed E-state index contributed by atoms with van der Waals surface area (Å²) in [6.07, 6.45) is 1.58. The summed E-state index contributed by atoms with van der Waals surface area (Å²) >= 11 is 12.2. The van der Waals surface area contributed by atoms with Crippen molar-refractivity contribution < 1.29 is 4.39 Å². The highest BCUT2D eigenvalue weighted by Gasteiger charge is 2.23. The number of nitrogens with zero attached hydrogens (tertiary/aromatic N) is 2. The molecule has 102 valence electrons. The average molecular weight is 302 g/mol. The summed E-state index contributed by atoms with van der Waals surface area (Å²) in [6, 6.07) is 4.42. The lowest BCUT2D eigenvalue weighted by Crippen LogP contribution is -2.22. The predicted molar refractivity (Wildman–Crippen MR) is 75.2 cm³/mol. The molecule has 0 fully saturated rings. The maximum Gasteiger partial charge on any atom is 0.142 e. The third-order valence-electron chi connectivity index (χ3n) is 2.99. The standard InChI is InChI=1S/C13H14Cl2FN3/c1-3-19-13(9(14)7-18-19)12(17-2)8-5-4-6-10(16)11(8)15/h4-7,12,17H,3H2,1-2H3. The van der Waals surface area contributed by atoms with Gasteiger partial charge >= 0.3 is 0 Å². The predicted octanol–water partition coefficient (Wildman–Crippen LogP) is 3.66. The molecule has 0 bridgehead atoms. The van der Waals surface area contributed by atoms with Crippen molar-refractivity contribution in [3.8, 4) is 0 Å². The molecule has 0 amide bonds. The van der Waals surface area contributed by atoms with Crippen LogP contribution in [0.2, 0.25) is 10.0 Å². The van der Waals surface area contributed by atoms with Gasteiger partial charge in [-0.25, -0.2) is 4.39 Å². The van der Waals surface area contributed by atoms with Crippen LogP contribution in [0.5, 0.6) is 0 Å². The van der Waals surface area contributed by atoms with Crippen LogP contribution in [0.3, 0.4) is 0 Å². The summed E-state index contributed by atoms with van der Waals surface area (Å²) in [7, 11) is 1.77. The SMILES string of the molecule is CCn1ncc(Cl)c1C(NC)c1cccc(F)c1Cl. The van der Waals surface area contributed by atoms with E-state index in [0.717, 1.165) is 5.69 Å². The second-order valence-electron chi connectivity index (χ2n) is 4.06. The van der Waals surface area contributed by atoms with Gasteiger partial charge in [-0.2, -0.15) is 5.10 Å². The van der Waals surface area contributed by atoms with E-state index in [2.05, 4.69) is 10.4 Å². The third kappa shape index (κ3) is 2.61. The van der Waals surface area contributed by atoms with Gasteiger partial charge in [-0.05, 0) is 25.6 Å². The molecule has 0 saturated heterocycles. The molecule has 0 aliphatic heterocycles. The molecular formula is C13H14Cl2FN3. The Morgan fingerprint density at radius 3 is 2.79 bits per heavy atom. The number of hydrogen-bond acceptors (Lipinski definition) is 2. The van der Waals surface area contributed by atoms with Crippen molar-refractivity contribution in [2.45, 2.75) is 19.5 Å². The Morgan fingerprint density at radius 1 is 1.42 bits per heavy atom. The molecule has 1 N–H and O–H groups in total. The van der Waals surface area contributed by atoms with Crippen LogP contribution in [-0.4, -0.2) is 16.8 Å². The molecule has 2 aromatic rings. The largest absolute Gasteiger partial charge is 0.308 e. The first kappa shape index (κ1) is 14.3. The van der Waals surface area contributed by atoms with Gasteiger partial charge in [0.25, 0.3) is 0 Å². The van der Waals surface area contributed by atoms with Crippen LogP contribution in [-0.2, 0) is 6.54 Å². The minimum absolute atomic E-state index is 0.0989. The van der Waals surface area contributed by atoms with Gasteiger partial charge in [-0.1, -0.05) is 35.3 Å². The summed E-state index contributed by atoms with van der Waals surface area (Å²) in [5, 5.41) is 7.92. The monoisotopic (exact) mass is 301 g/mol. The molecule has 0 saturated carbocycles. The molecule has 1 heterocycles. The van der Waals surface area contributed by atoms with E-state index in [9.17, 15) is 4.39 Å². The number of benzene rings is 1. The summed E-state index contributed by atoms with van der Waals surface area (Å²) in [5.74, 6) is -0.446. The highest BCUT2D eigenvalue weighted by atomic mass is 35.5. The summed E-state index contributed by atoms with van der Waals surface area (Å²) in [5.41, 5.74) is 1.42. The summed E-state index contributed by atoms with van der Waals surface area (Å²) in [4.78, 5) is 0. The maximum absolute atomic E-state index is 13.6. The summed E-state index contributed by atoms with van der Waals surface area (Å²) < 4.78 is 15.4. The molecule has 1 aromatic heterocycles. The molecule has 0 spiro atoms. The van der Waals surface area contributed by atoms with E-state index >= 15 is 0 Å². The molecule has 19 heavy (non-hydrogen) atoms. The number of aryl methyl sites for hydroxylation is 1. The van der Waals surface area contributed by atoms with Gasteiger partial charge in [0.15, 0.2) is 0 Å². The van der Waals surface area contributed by atoms with Gasteiger partial charge in [0, 0.05) is 6.54 Å². The lowest BCUT2D eigenvalue weighted by atomic mass is 10.0. The molecule has 6 heteroatoms. The molecule has 1 atom stereocenters. The molecular weight excluding hydrogens is 288 g/mol. The Hall–Kier alpha value is -1.10. The quantitative estimate of drug-likeness (QED) is 0.934. The van der Waals surface area contributed by atoms with Crippen LogP contribution in [0.15, 0.2) is 24.4 Å². The van der Waals surface area contributed by atoms with E-state index in [4.69, 9.17) is 23.2 Å². The van der Waals surface area contributed by atoms with Gasteiger partial charge in [0.2, 0.25) is 0 Å². The van der Waals surface area contributed by atoms with Crippen molar-refractivity contribution in [2.75, 3.05) is 7.05 Å². The molecule has 2 rings (SSSR count). The van der Waals surface area contributed by atoms with E-state index < -0.39 is 5.82 Å². The second kappa shape index (κ2) is 5.90. The minimum atomic E-state index is -0.446. The smallest absolute Gasteiger partial charge is 0.142 e. The Balaban J connectivity index is 2.56. The number of halogens is 3. The molecule has 0 aliphatic rings. The fourth-order valence-corrected chi connectivity index (χ4v) is 2.58. The lowest BCUT2D eigenvalue weighted by Gasteiger charge is -2.20. The first-order chi connectivity index (χ1) is 9.10. The number of aromatic nitrogens is 2. The van der Waals surface area contributed by atoms with Gasteiger partial charge < -0.3 is 5.32 Å². The zero-order valence-corrected chi connectivity index (χ0v) is 12.1. The van der Waals surface area contributed by atoms with Crippen LogP contribution >= 0.6 is 23.2 Å².